The zero-order chi connectivity index (χ0) is 14.0. The standard InChI is InChI=1S/C14H17N3O2.ClH/c1-9(7-14(19)17(15)10(2)18)12-8-16-13-6-4-3-5-11(12)13;/h3-6,8-9,16H,7,15H2,1-2H3;1H. The van der Waals surface area contributed by atoms with E-state index in [-0.39, 0.29) is 30.7 Å². The van der Waals surface area contributed by atoms with Crippen molar-refractivity contribution >= 4 is 35.1 Å². The van der Waals surface area contributed by atoms with E-state index in [1.165, 1.54) is 6.92 Å². The first kappa shape index (κ1) is 16.2. The van der Waals surface area contributed by atoms with Gasteiger partial charge in [-0.1, -0.05) is 25.1 Å². The fraction of sp³-hybridized carbons (Fsp3) is 0.286. The van der Waals surface area contributed by atoms with Gasteiger partial charge in [0.2, 0.25) is 11.8 Å². The number of hydrazine groups is 1. The van der Waals surface area contributed by atoms with E-state index in [2.05, 4.69) is 4.98 Å². The number of aromatic amines is 1. The normalized spacial score (nSPS) is 11.8. The van der Waals surface area contributed by atoms with Crippen LogP contribution in [0.2, 0.25) is 0 Å². The average Bonchev–Trinajstić information content (AvgIpc) is 2.81. The molecule has 0 spiro atoms. The number of carbonyl (C=O) groups is 2. The van der Waals surface area contributed by atoms with Crippen molar-refractivity contribution in [2.75, 3.05) is 0 Å². The third kappa shape index (κ3) is 3.18. The first-order valence-corrected chi connectivity index (χ1v) is 6.15. The van der Waals surface area contributed by atoms with Gasteiger partial charge in [0.1, 0.15) is 0 Å². The van der Waals surface area contributed by atoms with E-state index in [0.717, 1.165) is 16.5 Å². The van der Waals surface area contributed by atoms with Crippen LogP contribution in [0, 0.1) is 0 Å². The highest BCUT2D eigenvalue weighted by atomic mass is 35.5. The van der Waals surface area contributed by atoms with Gasteiger partial charge < -0.3 is 4.98 Å². The first-order valence-electron chi connectivity index (χ1n) is 6.15. The average molecular weight is 296 g/mol. The molecule has 5 nitrogen and oxygen atoms in total. The molecule has 0 aliphatic carbocycles. The van der Waals surface area contributed by atoms with Crippen LogP contribution in [-0.4, -0.2) is 21.8 Å². The molecule has 0 fully saturated rings. The van der Waals surface area contributed by atoms with Crippen molar-refractivity contribution in [1.29, 1.82) is 0 Å². The fourth-order valence-corrected chi connectivity index (χ4v) is 2.15. The van der Waals surface area contributed by atoms with Crippen LogP contribution in [0.4, 0.5) is 0 Å². The highest BCUT2D eigenvalue weighted by molar-refractivity contribution is 5.94. The van der Waals surface area contributed by atoms with E-state index < -0.39 is 5.91 Å². The van der Waals surface area contributed by atoms with E-state index >= 15 is 0 Å². The predicted molar refractivity (Wildman–Crippen MR) is 80.3 cm³/mol. The lowest BCUT2D eigenvalue weighted by Crippen LogP contribution is -2.41. The molecule has 108 valence electrons. The molecule has 1 aromatic carbocycles. The summed E-state index contributed by atoms with van der Waals surface area (Å²) < 4.78 is 0. The number of imide groups is 1. The summed E-state index contributed by atoms with van der Waals surface area (Å²) in [6.45, 7) is 3.22. The molecule has 0 bridgehead atoms. The minimum Gasteiger partial charge on any atom is -0.361 e. The van der Waals surface area contributed by atoms with E-state index in [1.807, 2.05) is 37.4 Å². The molecule has 2 aromatic rings. The Morgan fingerprint density at radius 2 is 2.00 bits per heavy atom. The molecule has 1 unspecified atom stereocenters. The zero-order valence-corrected chi connectivity index (χ0v) is 12.2. The zero-order valence-electron chi connectivity index (χ0n) is 11.4. The second-order valence-corrected chi connectivity index (χ2v) is 4.68. The van der Waals surface area contributed by atoms with Gasteiger partial charge in [-0.2, -0.15) is 0 Å². The summed E-state index contributed by atoms with van der Waals surface area (Å²) in [4.78, 5) is 26.0. The monoisotopic (exact) mass is 295 g/mol. The van der Waals surface area contributed by atoms with Crippen molar-refractivity contribution in [3.05, 3.63) is 36.0 Å². The number of hydrogen-bond donors (Lipinski definition) is 2. The lowest BCUT2D eigenvalue weighted by Gasteiger charge is -2.15. The number of nitrogens with one attached hydrogen (secondary N) is 1. The van der Waals surface area contributed by atoms with Gasteiger partial charge in [0.25, 0.3) is 0 Å². The lowest BCUT2D eigenvalue weighted by atomic mass is 9.97. The molecule has 6 heteroatoms. The van der Waals surface area contributed by atoms with Crippen molar-refractivity contribution in [3.8, 4) is 0 Å². The maximum atomic E-state index is 11.8. The number of carbonyl (C=O) groups excluding carboxylic acids is 2. The fourth-order valence-electron chi connectivity index (χ4n) is 2.15. The van der Waals surface area contributed by atoms with E-state index in [4.69, 9.17) is 5.84 Å². The Morgan fingerprint density at radius 3 is 2.65 bits per heavy atom. The second kappa shape index (κ2) is 6.54. The van der Waals surface area contributed by atoms with Gasteiger partial charge in [-0.05, 0) is 17.5 Å². The van der Waals surface area contributed by atoms with Crippen molar-refractivity contribution in [1.82, 2.24) is 9.99 Å². The van der Waals surface area contributed by atoms with Crippen LogP contribution in [0.1, 0.15) is 31.7 Å². The highest BCUT2D eigenvalue weighted by Crippen LogP contribution is 2.27. The van der Waals surface area contributed by atoms with Crippen LogP contribution in [0.3, 0.4) is 0 Å². The molecule has 1 heterocycles. The number of fused-ring (bicyclic) bond motifs is 1. The largest absolute Gasteiger partial charge is 0.361 e. The quantitative estimate of drug-likeness (QED) is 0.518. The maximum absolute atomic E-state index is 11.8. The van der Waals surface area contributed by atoms with Gasteiger partial charge in [-0.3, -0.25) is 9.59 Å². The van der Waals surface area contributed by atoms with Gasteiger partial charge in [-0.15, -0.1) is 12.4 Å². The van der Waals surface area contributed by atoms with E-state index in [9.17, 15) is 9.59 Å². The van der Waals surface area contributed by atoms with Gasteiger partial charge in [0.05, 0.1) is 0 Å². The van der Waals surface area contributed by atoms with Crippen LogP contribution in [0.25, 0.3) is 10.9 Å². The number of H-pyrrole nitrogens is 1. The molecule has 2 rings (SSSR count). The topological polar surface area (TPSA) is 79.2 Å². The van der Waals surface area contributed by atoms with Crippen LogP contribution in [0.5, 0.6) is 0 Å². The second-order valence-electron chi connectivity index (χ2n) is 4.68. The molecule has 0 radical (unpaired) electrons. The number of rotatable bonds is 3. The number of hydrogen-bond acceptors (Lipinski definition) is 3. The number of aromatic nitrogens is 1. The summed E-state index contributed by atoms with van der Waals surface area (Å²) in [5.74, 6) is 4.58. The summed E-state index contributed by atoms with van der Waals surface area (Å²) in [6.07, 6.45) is 2.11. The summed E-state index contributed by atoms with van der Waals surface area (Å²) in [6, 6.07) is 7.90. The van der Waals surface area contributed by atoms with Crippen LogP contribution < -0.4 is 5.84 Å². The van der Waals surface area contributed by atoms with E-state index in [0.29, 0.717) is 5.01 Å². The van der Waals surface area contributed by atoms with Gasteiger partial charge in [-0.25, -0.2) is 10.9 Å². The lowest BCUT2D eigenvalue weighted by molar-refractivity contribution is -0.144. The van der Waals surface area contributed by atoms with Gasteiger partial charge in [0, 0.05) is 30.4 Å². The van der Waals surface area contributed by atoms with Crippen molar-refractivity contribution in [2.24, 2.45) is 5.84 Å². The Hall–Kier alpha value is -1.85. The number of para-hydroxylation sites is 1. The molecule has 20 heavy (non-hydrogen) atoms. The Balaban J connectivity index is 0.00000200. The minimum atomic E-state index is -0.448. The summed E-state index contributed by atoms with van der Waals surface area (Å²) in [5, 5.41) is 1.76. The number of amides is 2. The van der Waals surface area contributed by atoms with Gasteiger partial charge >= 0.3 is 0 Å². The third-order valence-electron chi connectivity index (χ3n) is 3.24. The first-order chi connectivity index (χ1) is 9.00. The van der Waals surface area contributed by atoms with Crippen LogP contribution in [-0.2, 0) is 9.59 Å². The molecular formula is C14H18ClN3O2. The smallest absolute Gasteiger partial charge is 0.244 e. The number of nitrogens with zero attached hydrogens (tertiary/aromatic N) is 1. The maximum Gasteiger partial charge on any atom is 0.244 e. The third-order valence-corrected chi connectivity index (χ3v) is 3.24. The van der Waals surface area contributed by atoms with Gasteiger partial charge in [0.15, 0.2) is 0 Å². The number of benzene rings is 1. The molecule has 1 aromatic heterocycles. The van der Waals surface area contributed by atoms with Crippen LogP contribution in [0.15, 0.2) is 30.5 Å². The van der Waals surface area contributed by atoms with Crippen LogP contribution >= 0.6 is 12.4 Å². The predicted octanol–water partition coefficient (Wildman–Crippen LogP) is 2.33. The van der Waals surface area contributed by atoms with Crippen molar-refractivity contribution in [2.45, 2.75) is 26.2 Å². The molecule has 0 saturated carbocycles. The molecule has 0 aliphatic heterocycles. The Kier molecular flexibility index (Phi) is 5.30. The Labute approximate surface area is 123 Å². The Morgan fingerprint density at radius 1 is 1.35 bits per heavy atom. The Bertz CT molecular complexity index is 624. The molecule has 3 N–H and O–H groups in total. The SMILES string of the molecule is CC(=O)N(N)C(=O)CC(C)c1c[nH]c2ccccc12.Cl. The van der Waals surface area contributed by atoms with E-state index in [1.54, 1.807) is 0 Å². The highest BCUT2D eigenvalue weighted by Gasteiger charge is 2.19. The molecule has 0 saturated heterocycles. The summed E-state index contributed by atoms with van der Waals surface area (Å²) >= 11 is 0. The molecular weight excluding hydrogens is 278 g/mol. The summed E-state index contributed by atoms with van der Waals surface area (Å²) in [7, 11) is 0. The number of nitrogens with two attached hydrogens (primary N) is 1. The molecule has 1 atom stereocenters. The molecule has 0 aliphatic rings. The van der Waals surface area contributed by atoms with Crippen molar-refractivity contribution in [3.63, 3.8) is 0 Å². The van der Waals surface area contributed by atoms with Crippen molar-refractivity contribution < 1.29 is 9.59 Å². The minimum absolute atomic E-state index is 0. The molecule has 2 amide bonds. The summed E-state index contributed by atoms with van der Waals surface area (Å²) in [5.41, 5.74) is 2.09. The number of halogens is 1.